The van der Waals surface area contributed by atoms with E-state index in [1.54, 1.807) is 42.5 Å². The SMILES string of the molecule is CCCc1nc(COC(=O)C(C)n2c(=O)oc3ccccc32)cs1. The molecule has 1 aromatic carbocycles. The minimum atomic E-state index is -0.769. The Balaban J connectivity index is 1.72. The number of hydrogen-bond donors (Lipinski definition) is 0. The number of aromatic nitrogens is 2. The highest BCUT2D eigenvalue weighted by Crippen LogP contribution is 2.18. The average Bonchev–Trinajstić information content (AvgIpc) is 3.15. The number of carbonyl (C=O) groups is 1. The molecular formula is C17H18N2O4S. The van der Waals surface area contributed by atoms with Crippen LogP contribution in [0.3, 0.4) is 0 Å². The maximum absolute atomic E-state index is 12.3. The molecule has 0 saturated carbocycles. The summed E-state index contributed by atoms with van der Waals surface area (Å²) in [6, 6.07) is 6.22. The highest BCUT2D eigenvalue weighted by molar-refractivity contribution is 7.09. The molecule has 0 N–H and O–H groups in total. The number of para-hydroxylation sites is 2. The summed E-state index contributed by atoms with van der Waals surface area (Å²) in [5, 5.41) is 2.93. The molecule has 0 amide bonds. The molecule has 0 aliphatic rings. The van der Waals surface area contributed by atoms with E-state index < -0.39 is 17.8 Å². The second kappa shape index (κ2) is 7.00. The normalized spacial score (nSPS) is 12.4. The molecule has 3 aromatic rings. The largest absolute Gasteiger partial charge is 0.458 e. The van der Waals surface area contributed by atoms with Gasteiger partial charge in [-0.3, -0.25) is 4.57 Å². The second-order valence-electron chi connectivity index (χ2n) is 5.47. The van der Waals surface area contributed by atoms with Crippen molar-refractivity contribution < 1.29 is 13.9 Å². The van der Waals surface area contributed by atoms with Gasteiger partial charge in [0, 0.05) is 5.38 Å². The van der Waals surface area contributed by atoms with E-state index in [0.29, 0.717) is 11.1 Å². The maximum atomic E-state index is 12.3. The van der Waals surface area contributed by atoms with Crippen LogP contribution in [0.5, 0.6) is 0 Å². The summed E-state index contributed by atoms with van der Waals surface area (Å²) >= 11 is 1.56. The Kier molecular flexibility index (Phi) is 4.80. The molecule has 0 spiro atoms. The standard InChI is InChI=1S/C17H18N2O4S/c1-3-6-15-18-12(10-24-15)9-22-16(20)11(2)19-13-7-4-5-8-14(13)23-17(19)21/h4-5,7-8,10-11H,3,6,9H2,1-2H3. The number of thiazole rings is 1. The van der Waals surface area contributed by atoms with Crippen LogP contribution in [0.1, 0.15) is 37.0 Å². The third-order valence-electron chi connectivity index (χ3n) is 3.67. The van der Waals surface area contributed by atoms with Crippen LogP contribution in [-0.4, -0.2) is 15.5 Å². The highest BCUT2D eigenvalue weighted by atomic mass is 32.1. The van der Waals surface area contributed by atoms with Crippen molar-refractivity contribution in [2.45, 2.75) is 39.3 Å². The van der Waals surface area contributed by atoms with E-state index in [9.17, 15) is 9.59 Å². The van der Waals surface area contributed by atoms with Crippen molar-refractivity contribution in [1.29, 1.82) is 0 Å². The van der Waals surface area contributed by atoms with Gasteiger partial charge in [-0.25, -0.2) is 14.6 Å². The molecule has 0 radical (unpaired) electrons. The average molecular weight is 346 g/mol. The molecule has 2 heterocycles. The fourth-order valence-electron chi connectivity index (χ4n) is 2.47. The zero-order valence-electron chi connectivity index (χ0n) is 13.5. The van der Waals surface area contributed by atoms with Gasteiger partial charge in [0.1, 0.15) is 12.6 Å². The molecule has 2 aromatic heterocycles. The first-order chi connectivity index (χ1) is 11.6. The van der Waals surface area contributed by atoms with Crippen LogP contribution < -0.4 is 5.76 Å². The molecule has 24 heavy (non-hydrogen) atoms. The number of nitrogens with zero attached hydrogens (tertiary/aromatic N) is 2. The van der Waals surface area contributed by atoms with Gasteiger partial charge >= 0.3 is 11.7 Å². The summed E-state index contributed by atoms with van der Waals surface area (Å²) in [5.74, 6) is -1.06. The third kappa shape index (κ3) is 3.26. The Bertz CT molecular complexity index is 909. The fraction of sp³-hybridized carbons (Fsp3) is 0.353. The minimum absolute atomic E-state index is 0.105. The smallest absolute Gasteiger partial charge is 0.420 e. The first-order valence-electron chi connectivity index (χ1n) is 7.80. The zero-order chi connectivity index (χ0) is 17.1. The summed E-state index contributed by atoms with van der Waals surface area (Å²) in [6.07, 6.45) is 1.95. The van der Waals surface area contributed by atoms with Gasteiger partial charge in [-0.2, -0.15) is 0 Å². The van der Waals surface area contributed by atoms with E-state index in [1.807, 2.05) is 5.38 Å². The van der Waals surface area contributed by atoms with Crippen LogP contribution in [0.15, 0.2) is 38.9 Å². The molecule has 126 valence electrons. The van der Waals surface area contributed by atoms with E-state index in [0.717, 1.165) is 23.5 Å². The van der Waals surface area contributed by atoms with E-state index >= 15 is 0 Å². The zero-order valence-corrected chi connectivity index (χ0v) is 14.3. The van der Waals surface area contributed by atoms with Crippen LogP contribution in [0.4, 0.5) is 0 Å². The van der Waals surface area contributed by atoms with E-state index in [2.05, 4.69) is 11.9 Å². The predicted molar refractivity (Wildman–Crippen MR) is 91.1 cm³/mol. The number of carbonyl (C=O) groups excluding carboxylic acids is 1. The lowest BCUT2D eigenvalue weighted by molar-refractivity contribution is -0.148. The third-order valence-corrected chi connectivity index (χ3v) is 4.63. The molecule has 0 bridgehead atoms. The van der Waals surface area contributed by atoms with Crippen LogP contribution in [-0.2, 0) is 22.6 Å². The summed E-state index contributed by atoms with van der Waals surface area (Å²) in [7, 11) is 0. The van der Waals surface area contributed by atoms with E-state index in [-0.39, 0.29) is 6.61 Å². The van der Waals surface area contributed by atoms with Crippen LogP contribution in [0, 0.1) is 0 Å². The Hall–Kier alpha value is -2.41. The Labute approximate surface area is 142 Å². The van der Waals surface area contributed by atoms with Gasteiger partial charge in [-0.15, -0.1) is 11.3 Å². The highest BCUT2D eigenvalue weighted by Gasteiger charge is 2.22. The second-order valence-corrected chi connectivity index (χ2v) is 6.41. The first kappa shape index (κ1) is 16.4. The van der Waals surface area contributed by atoms with Crippen molar-refractivity contribution in [3.8, 4) is 0 Å². The Morgan fingerprint density at radius 2 is 2.21 bits per heavy atom. The Morgan fingerprint density at radius 3 is 3.00 bits per heavy atom. The summed E-state index contributed by atoms with van der Waals surface area (Å²) in [4.78, 5) is 28.7. The number of aryl methyl sites for hydroxylation is 1. The quantitative estimate of drug-likeness (QED) is 0.640. The monoisotopic (exact) mass is 346 g/mol. The predicted octanol–water partition coefficient (Wildman–Crippen LogP) is 3.31. The van der Waals surface area contributed by atoms with Gasteiger partial charge in [-0.1, -0.05) is 19.1 Å². The van der Waals surface area contributed by atoms with Gasteiger partial charge in [0.25, 0.3) is 0 Å². The van der Waals surface area contributed by atoms with Gasteiger partial charge in [0.05, 0.1) is 16.2 Å². The maximum Gasteiger partial charge on any atom is 0.420 e. The van der Waals surface area contributed by atoms with Crippen molar-refractivity contribution in [1.82, 2.24) is 9.55 Å². The van der Waals surface area contributed by atoms with Crippen LogP contribution in [0.2, 0.25) is 0 Å². The van der Waals surface area contributed by atoms with Crippen molar-refractivity contribution >= 4 is 28.4 Å². The number of ether oxygens (including phenoxy) is 1. The molecule has 0 aliphatic heterocycles. The number of hydrogen-bond acceptors (Lipinski definition) is 6. The van der Waals surface area contributed by atoms with Crippen molar-refractivity contribution in [3.63, 3.8) is 0 Å². The molecule has 7 heteroatoms. The summed E-state index contributed by atoms with van der Waals surface area (Å²) in [6.45, 7) is 3.82. The lowest BCUT2D eigenvalue weighted by atomic mass is 10.3. The van der Waals surface area contributed by atoms with Gasteiger partial charge in [0.15, 0.2) is 5.58 Å². The molecule has 6 nitrogen and oxygen atoms in total. The molecule has 0 fully saturated rings. The minimum Gasteiger partial charge on any atom is -0.458 e. The van der Waals surface area contributed by atoms with E-state index in [4.69, 9.17) is 9.15 Å². The molecule has 0 saturated heterocycles. The summed E-state index contributed by atoms with van der Waals surface area (Å²) < 4.78 is 11.8. The number of benzene rings is 1. The molecule has 1 atom stereocenters. The van der Waals surface area contributed by atoms with Gasteiger partial charge < -0.3 is 9.15 Å². The lowest BCUT2D eigenvalue weighted by Crippen LogP contribution is -2.26. The molecule has 1 unspecified atom stereocenters. The molecule has 0 aliphatic carbocycles. The van der Waals surface area contributed by atoms with E-state index in [1.165, 1.54) is 4.57 Å². The molecular weight excluding hydrogens is 328 g/mol. The van der Waals surface area contributed by atoms with Crippen molar-refractivity contribution in [3.05, 3.63) is 50.9 Å². The molecule has 3 rings (SSSR count). The number of oxazole rings is 1. The number of fused-ring (bicyclic) bond motifs is 1. The lowest BCUT2D eigenvalue weighted by Gasteiger charge is -2.11. The number of esters is 1. The number of rotatable bonds is 6. The topological polar surface area (TPSA) is 74.3 Å². The Morgan fingerprint density at radius 1 is 1.42 bits per heavy atom. The van der Waals surface area contributed by atoms with Crippen molar-refractivity contribution in [2.75, 3.05) is 0 Å². The van der Waals surface area contributed by atoms with Gasteiger partial charge in [0.2, 0.25) is 0 Å². The van der Waals surface area contributed by atoms with Gasteiger partial charge in [-0.05, 0) is 31.9 Å². The summed E-state index contributed by atoms with van der Waals surface area (Å²) in [5.41, 5.74) is 1.75. The van der Waals surface area contributed by atoms with Crippen LogP contribution >= 0.6 is 11.3 Å². The first-order valence-corrected chi connectivity index (χ1v) is 8.68. The fourth-order valence-corrected chi connectivity index (χ4v) is 3.35. The van der Waals surface area contributed by atoms with Crippen molar-refractivity contribution in [2.24, 2.45) is 0 Å². The van der Waals surface area contributed by atoms with Crippen LogP contribution in [0.25, 0.3) is 11.1 Å².